The SMILES string of the molecule is CCCCCCc1cc2cc(-c3cn4cc(Cl)ccc4n3)c(=O)oc2cc1O. The lowest BCUT2D eigenvalue weighted by atomic mass is 10.0. The van der Waals surface area contributed by atoms with E-state index in [2.05, 4.69) is 11.9 Å². The van der Waals surface area contributed by atoms with Crippen LogP contribution in [0.5, 0.6) is 5.75 Å². The Labute approximate surface area is 167 Å². The lowest BCUT2D eigenvalue weighted by Gasteiger charge is -2.07. The first-order chi connectivity index (χ1) is 13.5. The zero-order valence-corrected chi connectivity index (χ0v) is 16.4. The molecular weight excluding hydrogens is 376 g/mol. The van der Waals surface area contributed by atoms with Crippen molar-refractivity contribution in [3.05, 3.63) is 63.7 Å². The molecule has 6 heteroatoms. The zero-order valence-electron chi connectivity index (χ0n) is 15.6. The van der Waals surface area contributed by atoms with Crippen molar-refractivity contribution in [2.45, 2.75) is 39.0 Å². The van der Waals surface area contributed by atoms with Crippen molar-refractivity contribution in [1.29, 1.82) is 0 Å². The number of halogens is 1. The van der Waals surface area contributed by atoms with Crippen LogP contribution in [0.4, 0.5) is 0 Å². The highest BCUT2D eigenvalue weighted by Gasteiger charge is 2.14. The fraction of sp³-hybridized carbons (Fsp3) is 0.273. The second-order valence-electron chi connectivity index (χ2n) is 7.02. The van der Waals surface area contributed by atoms with Crippen LogP contribution in [0.1, 0.15) is 38.2 Å². The van der Waals surface area contributed by atoms with Gasteiger partial charge in [-0.3, -0.25) is 0 Å². The number of hydrogen-bond donors (Lipinski definition) is 1. The first kappa shape index (κ1) is 18.6. The van der Waals surface area contributed by atoms with Crippen LogP contribution in [0.15, 0.2) is 51.9 Å². The van der Waals surface area contributed by atoms with Crippen LogP contribution in [-0.2, 0) is 6.42 Å². The Balaban J connectivity index is 1.74. The number of pyridine rings is 1. The Morgan fingerprint density at radius 1 is 1.14 bits per heavy atom. The molecule has 0 fully saturated rings. The van der Waals surface area contributed by atoms with E-state index in [9.17, 15) is 9.90 Å². The van der Waals surface area contributed by atoms with Crippen LogP contribution < -0.4 is 5.63 Å². The number of benzene rings is 1. The topological polar surface area (TPSA) is 67.7 Å². The largest absolute Gasteiger partial charge is 0.508 e. The molecule has 3 aromatic heterocycles. The molecule has 0 amide bonds. The van der Waals surface area contributed by atoms with Gasteiger partial charge in [-0.1, -0.05) is 37.8 Å². The molecular formula is C22H21ClN2O3. The summed E-state index contributed by atoms with van der Waals surface area (Å²) in [6.07, 6.45) is 8.79. The Morgan fingerprint density at radius 2 is 2.00 bits per heavy atom. The normalized spacial score (nSPS) is 11.5. The van der Waals surface area contributed by atoms with Gasteiger partial charge in [0.2, 0.25) is 0 Å². The van der Waals surface area contributed by atoms with Gasteiger partial charge in [-0.25, -0.2) is 9.78 Å². The number of aryl methyl sites for hydroxylation is 1. The predicted molar refractivity (Wildman–Crippen MR) is 111 cm³/mol. The van der Waals surface area contributed by atoms with Crippen LogP contribution in [0.25, 0.3) is 27.9 Å². The van der Waals surface area contributed by atoms with Gasteiger partial charge in [0.15, 0.2) is 0 Å². The molecule has 144 valence electrons. The third kappa shape index (κ3) is 3.62. The number of unbranched alkanes of at least 4 members (excludes halogenated alkanes) is 3. The number of nitrogens with zero attached hydrogens (tertiary/aromatic N) is 2. The van der Waals surface area contributed by atoms with Crippen molar-refractivity contribution in [2.24, 2.45) is 0 Å². The van der Waals surface area contributed by atoms with Crippen LogP contribution in [-0.4, -0.2) is 14.5 Å². The number of phenols is 1. The molecule has 0 bridgehead atoms. The lowest BCUT2D eigenvalue weighted by molar-refractivity contribution is 0.464. The molecule has 28 heavy (non-hydrogen) atoms. The van der Waals surface area contributed by atoms with Crippen molar-refractivity contribution in [1.82, 2.24) is 9.38 Å². The van der Waals surface area contributed by atoms with E-state index in [-0.39, 0.29) is 5.75 Å². The first-order valence-electron chi connectivity index (χ1n) is 9.49. The maximum absolute atomic E-state index is 12.5. The van der Waals surface area contributed by atoms with E-state index < -0.39 is 5.63 Å². The standard InChI is InChI=1S/C22H21ClN2O3/c1-2-3-4-5-6-14-9-15-10-17(22(27)28-20(15)11-19(14)26)18-13-25-12-16(23)7-8-21(25)24-18/h7-13,26H,2-6H2,1H3. The fourth-order valence-corrected chi connectivity index (χ4v) is 3.59. The van der Waals surface area contributed by atoms with Crippen molar-refractivity contribution < 1.29 is 9.52 Å². The van der Waals surface area contributed by atoms with Gasteiger partial charge in [-0.2, -0.15) is 0 Å². The number of phenolic OH excluding ortho intramolecular Hbond substituents is 1. The van der Waals surface area contributed by atoms with E-state index in [4.69, 9.17) is 16.0 Å². The monoisotopic (exact) mass is 396 g/mol. The second kappa shape index (κ2) is 7.68. The minimum Gasteiger partial charge on any atom is -0.508 e. The minimum absolute atomic E-state index is 0.169. The summed E-state index contributed by atoms with van der Waals surface area (Å²) in [5.74, 6) is 0.169. The molecule has 0 atom stereocenters. The quantitative estimate of drug-likeness (QED) is 0.340. The zero-order chi connectivity index (χ0) is 19.7. The molecule has 0 unspecified atom stereocenters. The van der Waals surface area contributed by atoms with E-state index in [1.165, 1.54) is 18.9 Å². The molecule has 1 aromatic carbocycles. The second-order valence-corrected chi connectivity index (χ2v) is 7.45. The average Bonchev–Trinajstić information content (AvgIpc) is 3.08. The van der Waals surface area contributed by atoms with E-state index in [1.807, 2.05) is 6.07 Å². The van der Waals surface area contributed by atoms with Crippen LogP contribution >= 0.6 is 11.6 Å². The average molecular weight is 397 g/mol. The summed E-state index contributed by atoms with van der Waals surface area (Å²) in [7, 11) is 0. The van der Waals surface area contributed by atoms with Crippen molar-refractivity contribution in [3.63, 3.8) is 0 Å². The molecule has 3 heterocycles. The summed E-state index contributed by atoms with van der Waals surface area (Å²) in [6.45, 7) is 2.17. The maximum Gasteiger partial charge on any atom is 0.345 e. The molecule has 5 nitrogen and oxygen atoms in total. The molecule has 4 rings (SSSR count). The minimum atomic E-state index is -0.489. The molecule has 4 aromatic rings. The fourth-order valence-electron chi connectivity index (χ4n) is 3.42. The number of aromatic hydroxyl groups is 1. The number of hydrogen-bond acceptors (Lipinski definition) is 4. The Kier molecular flexibility index (Phi) is 5.09. The molecule has 1 N–H and O–H groups in total. The van der Waals surface area contributed by atoms with Gasteiger partial charge in [0.25, 0.3) is 0 Å². The number of imidazole rings is 1. The van der Waals surface area contributed by atoms with Gasteiger partial charge >= 0.3 is 5.63 Å². The van der Waals surface area contributed by atoms with Gasteiger partial charge in [0, 0.05) is 23.8 Å². The highest BCUT2D eigenvalue weighted by Crippen LogP contribution is 2.28. The van der Waals surface area contributed by atoms with Gasteiger partial charge < -0.3 is 13.9 Å². The molecule has 0 spiro atoms. The smallest absolute Gasteiger partial charge is 0.345 e. The van der Waals surface area contributed by atoms with Crippen LogP contribution in [0.3, 0.4) is 0 Å². The van der Waals surface area contributed by atoms with E-state index in [0.717, 1.165) is 30.2 Å². The first-order valence-corrected chi connectivity index (χ1v) is 9.87. The van der Waals surface area contributed by atoms with E-state index in [1.54, 1.807) is 35.0 Å². The molecule has 0 saturated heterocycles. The van der Waals surface area contributed by atoms with Gasteiger partial charge in [0.05, 0.1) is 16.3 Å². The molecule has 0 radical (unpaired) electrons. The summed E-state index contributed by atoms with van der Waals surface area (Å²) >= 11 is 6.02. The lowest BCUT2D eigenvalue weighted by Crippen LogP contribution is -2.03. The number of aromatic nitrogens is 2. The Morgan fingerprint density at radius 3 is 2.82 bits per heavy atom. The molecule has 0 aliphatic carbocycles. The summed E-state index contributed by atoms with van der Waals surface area (Å²) in [6, 6.07) is 8.75. The highest BCUT2D eigenvalue weighted by atomic mass is 35.5. The molecule has 0 aliphatic heterocycles. The Bertz CT molecular complexity index is 1210. The number of rotatable bonds is 6. The van der Waals surface area contributed by atoms with E-state index >= 15 is 0 Å². The van der Waals surface area contributed by atoms with Crippen LogP contribution in [0, 0.1) is 0 Å². The van der Waals surface area contributed by atoms with Crippen molar-refractivity contribution >= 4 is 28.2 Å². The predicted octanol–water partition coefficient (Wildman–Crippen LogP) is 5.59. The summed E-state index contributed by atoms with van der Waals surface area (Å²) in [5.41, 5.74) is 2.35. The third-order valence-corrected chi connectivity index (χ3v) is 5.15. The Hall–Kier alpha value is -2.79. The maximum atomic E-state index is 12.5. The van der Waals surface area contributed by atoms with Crippen LogP contribution in [0.2, 0.25) is 5.02 Å². The summed E-state index contributed by atoms with van der Waals surface area (Å²) in [5, 5.41) is 11.6. The molecule has 0 saturated carbocycles. The highest BCUT2D eigenvalue weighted by molar-refractivity contribution is 6.30. The number of fused-ring (bicyclic) bond motifs is 2. The van der Waals surface area contributed by atoms with Crippen molar-refractivity contribution in [3.8, 4) is 17.0 Å². The molecule has 0 aliphatic rings. The third-order valence-electron chi connectivity index (χ3n) is 4.92. The van der Waals surface area contributed by atoms with E-state index in [0.29, 0.717) is 27.5 Å². The summed E-state index contributed by atoms with van der Waals surface area (Å²) in [4.78, 5) is 17.0. The van der Waals surface area contributed by atoms with Gasteiger partial charge in [-0.15, -0.1) is 0 Å². The van der Waals surface area contributed by atoms with Crippen molar-refractivity contribution in [2.75, 3.05) is 0 Å². The van der Waals surface area contributed by atoms with Gasteiger partial charge in [0.1, 0.15) is 17.0 Å². The summed E-state index contributed by atoms with van der Waals surface area (Å²) < 4.78 is 7.23. The van der Waals surface area contributed by atoms with Gasteiger partial charge in [-0.05, 0) is 42.7 Å².